The minimum absolute atomic E-state index is 0.0652. The summed E-state index contributed by atoms with van der Waals surface area (Å²) in [6, 6.07) is 7.82. The van der Waals surface area contributed by atoms with Crippen molar-refractivity contribution in [3.05, 3.63) is 34.9 Å². The maximum Gasteiger partial charge on any atom is 0.0471 e. The van der Waals surface area contributed by atoms with Gasteiger partial charge in [-0.1, -0.05) is 23.7 Å². The van der Waals surface area contributed by atoms with Crippen LogP contribution in [0.3, 0.4) is 0 Å². The lowest BCUT2D eigenvalue weighted by molar-refractivity contribution is 0.220. The summed E-state index contributed by atoms with van der Waals surface area (Å²) >= 11 is 5.86. The number of hydrogen-bond donors (Lipinski definition) is 2. The Bertz CT molecular complexity index is 369. The van der Waals surface area contributed by atoms with Crippen LogP contribution in [-0.4, -0.2) is 36.2 Å². The van der Waals surface area contributed by atoms with Crippen LogP contribution in [0.15, 0.2) is 24.3 Å². The van der Waals surface area contributed by atoms with E-state index < -0.39 is 0 Å². The largest absolute Gasteiger partial charge is 0.396 e. The molecule has 0 saturated carbocycles. The molecule has 1 aromatic carbocycles. The molecule has 2 rings (SSSR count). The first-order chi connectivity index (χ1) is 8.69. The lowest BCUT2D eigenvalue weighted by Gasteiger charge is -2.19. The molecule has 0 bridgehead atoms. The molecule has 100 valence electrons. The molecule has 0 aliphatic carbocycles. The second-order valence-corrected chi connectivity index (χ2v) is 5.52. The second kappa shape index (κ2) is 6.53. The van der Waals surface area contributed by atoms with E-state index in [2.05, 4.69) is 4.90 Å². The van der Waals surface area contributed by atoms with Gasteiger partial charge in [-0.3, -0.25) is 0 Å². The fourth-order valence-electron chi connectivity index (χ4n) is 2.46. The van der Waals surface area contributed by atoms with E-state index in [0.29, 0.717) is 12.5 Å². The molecule has 2 unspecified atom stereocenters. The van der Waals surface area contributed by atoms with Gasteiger partial charge < -0.3 is 15.7 Å². The van der Waals surface area contributed by atoms with Gasteiger partial charge in [0.05, 0.1) is 0 Å². The van der Waals surface area contributed by atoms with Gasteiger partial charge in [0.1, 0.15) is 0 Å². The molecule has 1 aliphatic heterocycles. The molecule has 1 fully saturated rings. The Hall–Kier alpha value is -0.610. The summed E-state index contributed by atoms with van der Waals surface area (Å²) in [7, 11) is 0. The fourth-order valence-corrected chi connectivity index (χ4v) is 2.59. The minimum atomic E-state index is 0.0652. The van der Waals surface area contributed by atoms with Crippen LogP contribution in [-0.2, 0) is 0 Å². The van der Waals surface area contributed by atoms with E-state index in [0.717, 1.165) is 43.1 Å². The zero-order valence-corrected chi connectivity index (χ0v) is 11.3. The monoisotopic (exact) mass is 268 g/mol. The average molecular weight is 269 g/mol. The normalized spacial score (nSPS) is 22.3. The first-order valence-corrected chi connectivity index (χ1v) is 6.91. The predicted molar refractivity (Wildman–Crippen MR) is 74.6 cm³/mol. The molecule has 1 aliphatic rings. The number of rotatable bonds is 5. The topological polar surface area (TPSA) is 49.5 Å². The van der Waals surface area contributed by atoms with Gasteiger partial charge in [0.2, 0.25) is 0 Å². The molecule has 0 radical (unpaired) electrons. The Morgan fingerprint density at radius 3 is 2.72 bits per heavy atom. The van der Waals surface area contributed by atoms with Crippen molar-refractivity contribution in [2.45, 2.75) is 18.9 Å². The number of benzene rings is 1. The van der Waals surface area contributed by atoms with Crippen molar-refractivity contribution in [2.24, 2.45) is 11.7 Å². The van der Waals surface area contributed by atoms with E-state index in [4.69, 9.17) is 22.4 Å². The molecule has 2 atom stereocenters. The Morgan fingerprint density at radius 2 is 2.11 bits per heavy atom. The highest BCUT2D eigenvalue weighted by atomic mass is 35.5. The van der Waals surface area contributed by atoms with Crippen molar-refractivity contribution in [1.82, 2.24) is 4.90 Å². The van der Waals surface area contributed by atoms with Crippen LogP contribution in [0, 0.1) is 5.92 Å². The molecule has 3 N–H and O–H groups in total. The third-order valence-corrected chi connectivity index (χ3v) is 3.93. The van der Waals surface area contributed by atoms with E-state index >= 15 is 0 Å². The van der Waals surface area contributed by atoms with Crippen molar-refractivity contribution in [2.75, 3.05) is 26.2 Å². The highest BCUT2D eigenvalue weighted by Crippen LogP contribution is 2.20. The highest BCUT2D eigenvalue weighted by molar-refractivity contribution is 6.30. The zero-order chi connectivity index (χ0) is 13.0. The van der Waals surface area contributed by atoms with Crippen LogP contribution < -0.4 is 5.73 Å². The van der Waals surface area contributed by atoms with Gasteiger partial charge >= 0.3 is 0 Å². The lowest BCUT2D eigenvalue weighted by atomic mass is 10.0. The highest BCUT2D eigenvalue weighted by Gasteiger charge is 2.21. The van der Waals surface area contributed by atoms with Gasteiger partial charge in [0.25, 0.3) is 0 Å². The number of nitrogens with two attached hydrogens (primary N) is 1. The summed E-state index contributed by atoms with van der Waals surface area (Å²) < 4.78 is 0. The van der Waals surface area contributed by atoms with E-state index in [9.17, 15) is 0 Å². The van der Waals surface area contributed by atoms with Crippen LogP contribution in [0.2, 0.25) is 5.02 Å². The SMILES string of the molecule is NC(CCN1CCC(CO)C1)c1ccc(Cl)cc1. The van der Waals surface area contributed by atoms with Crippen LogP contribution in [0.4, 0.5) is 0 Å². The number of aliphatic hydroxyl groups is 1. The molecule has 18 heavy (non-hydrogen) atoms. The Labute approximate surface area is 114 Å². The summed E-state index contributed by atoms with van der Waals surface area (Å²) in [5.74, 6) is 0.455. The Morgan fingerprint density at radius 1 is 1.39 bits per heavy atom. The predicted octanol–water partition coefficient (Wildman–Crippen LogP) is 2.04. The van der Waals surface area contributed by atoms with Gasteiger partial charge in [0.15, 0.2) is 0 Å². The van der Waals surface area contributed by atoms with Gasteiger partial charge in [-0.15, -0.1) is 0 Å². The van der Waals surface area contributed by atoms with Crippen molar-refractivity contribution in [1.29, 1.82) is 0 Å². The van der Waals surface area contributed by atoms with E-state index in [1.54, 1.807) is 0 Å². The summed E-state index contributed by atoms with van der Waals surface area (Å²) in [6.07, 6.45) is 2.05. The number of halogens is 1. The Kier molecular flexibility index (Phi) is 5.01. The van der Waals surface area contributed by atoms with Crippen molar-refractivity contribution in [3.63, 3.8) is 0 Å². The molecule has 1 saturated heterocycles. The third kappa shape index (κ3) is 3.69. The molecular formula is C14H21ClN2O. The average Bonchev–Trinajstić information content (AvgIpc) is 2.85. The molecule has 1 aromatic rings. The first-order valence-electron chi connectivity index (χ1n) is 6.53. The fraction of sp³-hybridized carbons (Fsp3) is 0.571. The zero-order valence-electron chi connectivity index (χ0n) is 10.6. The molecular weight excluding hydrogens is 248 g/mol. The molecule has 0 aromatic heterocycles. The summed E-state index contributed by atoms with van der Waals surface area (Å²) in [5.41, 5.74) is 7.31. The van der Waals surface area contributed by atoms with Crippen molar-refractivity contribution < 1.29 is 5.11 Å². The maximum absolute atomic E-state index is 9.10. The number of nitrogens with zero attached hydrogens (tertiary/aromatic N) is 1. The smallest absolute Gasteiger partial charge is 0.0471 e. The molecule has 1 heterocycles. The van der Waals surface area contributed by atoms with Crippen LogP contribution >= 0.6 is 11.6 Å². The van der Waals surface area contributed by atoms with Crippen LogP contribution in [0.25, 0.3) is 0 Å². The quantitative estimate of drug-likeness (QED) is 0.859. The number of hydrogen-bond acceptors (Lipinski definition) is 3. The van der Waals surface area contributed by atoms with E-state index in [1.165, 1.54) is 0 Å². The van der Waals surface area contributed by atoms with Gasteiger partial charge in [-0.05, 0) is 49.5 Å². The minimum Gasteiger partial charge on any atom is -0.396 e. The number of aliphatic hydroxyl groups excluding tert-OH is 1. The third-order valence-electron chi connectivity index (χ3n) is 3.68. The summed E-state index contributed by atoms with van der Waals surface area (Å²) in [6.45, 7) is 3.39. The second-order valence-electron chi connectivity index (χ2n) is 5.08. The molecule has 0 spiro atoms. The molecule has 3 nitrogen and oxygen atoms in total. The van der Waals surface area contributed by atoms with Crippen LogP contribution in [0.5, 0.6) is 0 Å². The molecule has 4 heteroatoms. The summed E-state index contributed by atoms with van der Waals surface area (Å²) in [5, 5.41) is 9.85. The summed E-state index contributed by atoms with van der Waals surface area (Å²) in [4.78, 5) is 2.39. The standard InChI is InChI=1S/C14H21ClN2O/c15-13-3-1-12(2-4-13)14(16)6-8-17-7-5-11(9-17)10-18/h1-4,11,14,18H,5-10,16H2. The first kappa shape index (κ1) is 13.8. The Balaban J connectivity index is 1.78. The van der Waals surface area contributed by atoms with Crippen molar-refractivity contribution >= 4 is 11.6 Å². The van der Waals surface area contributed by atoms with Gasteiger partial charge in [-0.2, -0.15) is 0 Å². The number of likely N-dealkylation sites (tertiary alicyclic amines) is 1. The van der Waals surface area contributed by atoms with E-state index in [1.807, 2.05) is 24.3 Å². The van der Waals surface area contributed by atoms with Crippen LogP contribution in [0.1, 0.15) is 24.4 Å². The maximum atomic E-state index is 9.10. The lowest BCUT2D eigenvalue weighted by Crippen LogP contribution is -2.26. The van der Waals surface area contributed by atoms with Gasteiger partial charge in [0, 0.05) is 24.2 Å². The van der Waals surface area contributed by atoms with Gasteiger partial charge in [-0.25, -0.2) is 0 Å². The van der Waals surface area contributed by atoms with E-state index in [-0.39, 0.29) is 6.04 Å². The van der Waals surface area contributed by atoms with Crippen molar-refractivity contribution in [3.8, 4) is 0 Å². The molecule has 0 amide bonds.